The molecule has 28 heavy (non-hydrogen) atoms. The molecule has 0 spiro atoms. The van der Waals surface area contributed by atoms with E-state index in [0.29, 0.717) is 30.8 Å². The second-order valence-corrected chi connectivity index (χ2v) is 9.41. The van der Waals surface area contributed by atoms with Gasteiger partial charge in [-0.1, -0.05) is 12.1 Å². The lowest BCUT2D eigenvalue weighted by Gasteiger charge is -2.31. The van der Waals surface area contributed by atoms with Gasteiger partial charge in [0.05, 0.1) is 6.26 Å². The summed E-state index contributed by atoms with van der Waals surface area (Å²) in [7, 11) is -3.28. The molecular formula is C19H23FN4O3S. The number of halogens is 1. The summed E-state index contributed by atoms with van der Waals surface area (Å²) in [6, 6.07) is 6.12. The maximum atomic E-state index is 14.3. The molecule has 0 radical (unpaired) electrons. The van der Waals surface area contributed by atoms with Crippen molar-refractivity contribution in [2.24, 2.45) is 0 Å². The molecular weight excluding hydrogens is 383 g/mol. The van der Waals surface area contributed by atoms with Gasteiger partial charge >= 0.3 is 0 Å². The van der Waals surface area contributed by atoms with Gasteiger partial charge < -0.3 is 5.32 Å². The van der Waals surface area contributed by atoms with Gasteiger partial charge in [-0.3, -0.25) is 4.79 Å². The van der Waals surface area contributed by atoms with Crippen molar-refractivity contribution in [2.75, 3.05) is 19.3 Å². The van der Waals surface area contributed by atoms with E-state index in [-0.39, 0.29) is 24.3 Å². The topological polar surface area (TPSA) is 84.3 Å². The normalized spacial score (nSPS) is 20.1. The zero-order valence-corrected chi connectivity index (χ0v) is 16.5. The molecule has 7 nitrogen and oxygen atoms in total. The van der Waals surface area contributed by atoms with Gasteiger partial charge in [-0.25, -0.2) is 21.8 Å². The van der Waals surface area contributed by atoms with Gasteiger partial charge in [0.15, 0.2) is 5.69 Å². The van der Waals surface area contributed by atoms with Gasteiger partial charge in [0, 0.05) is 30.4 Å². The van der Waals surface area contributed by atoms with E-state index in [2.05, 4.69) is 10.4 Å². The molecule has 0 bridgehead atoms. The van der Waals surface area contributed by atoms with Crippen LogP contribution >= 0.6 is 0 Å². The molecule has 9 heteroatoms. The number of sulfonamides is 1. The average molecular weight is 406 g/mol. The van der Waals surface area contributed by atoms with Crippen LogP contribution < -0.4 is 5.32 Å². The number of benzene rings is 1. The van der Waals surface area contributed by atoms with E-state index in [4.69, 9.17) is 0 Å². The van der Waals surface area contributed by atoms with Gasteiger partial charge in [0.25, 0.3) is 5.91 Å². The number of hydrogen-bond donors (Lipinski definition) is 1. The number of rotatable bonds is 4. The number of nitrogens with zero attached hydrogens (tertiary/aromatic N) is 3. The molecule has 2 aliphatic rings. The van der Waals surface area contributed by atoms with Gasteiger partial charge in [-0.05, 0) is 44.2 Å². The first-order valence-corrected chi connectivity index (χ1v) is 11.3. The summed E-state index contributed by atoms with van der Waals surface area (Å²) < 4.78 is 40.8. The molecule has 1 aromatic heterocycles. The minimum absolute atomic E-state index is 0.258. The van der Waals surface area contributed by atoms with Crippen molar-refractivity contribution in [1.82, 2.24) is 19.4 Å². The first-order chi connectivity index (χ1) is 13.3. The number of fused-ring (bicyclic) bond motifs is 1. The molecule has 2 aromatic rings. The van der Waals surface area contributed by atoms with Crippen LogP contribution in [0, 0.1) is 5.82 Å². The average Bonchev–Trinajstić information content (AvgIpc) is 3.24. The minimum Gasteiger partial charge on any atom is -0.347 e. The predicted molar refractivity (Wildman–Crippen MR) is 102 cm³/mol. The summed E-state index contributed by atoms with van der Waals surface area (Å²) in [6.07, 6.45) is 4.96. The van der Waals surface area contributed by atoms with Crippen molar-refractivity contribution in [2.45, 2.75) is 38.1 Å². The zero-order valence-electron chi connectivity index (χ0n) is 15.7. The summed E-state index contributed by atoms with van der Waals surface area (Å²) >= 11 is 0. The summed E-state index contributed by atoms with van der Waals surface area (Å²) in [5, 5.41) is 7.36. The van der Waals surface area contributed by atoms with Crippen LogP contribution in [0.4, 0.5) is 4.39 Å². The van der Waals surface area contributed by atoms with Crippen LogP contribution in [0.15, 0.2) is 24.3 Å². The standard InChI is InChI=1S/C19H23FN4O3S/c1-28(26,27)23-11-5-6-13(12-23)21-19(25)18-14-7-4-10-16(14)24(22-18)17-9-3-2-8-15(17)20/h2-3,8-9,13H,4-7,10-12H2,1H3,(H,21,25). The highest BCUT2D eigenvalue weighted by molar-refractivity contribution is 7.88. The van der Waals surface area contributed by atoms with E-state index in [1.165, 1.54) is 21.3 Å². The van der Waals surface area contributed by atoms with E-state index in [9.17, 15) is 17.6 Å². The molecule has 1 aromatic carbocycles. The third-order valence-corrected chi connectivity index (χ3v) is 6.68. The molecule has 1 fully saturated rings. The predicted octanol–water partition coefficient (Wildman–Crippen LogP) is 1.65. The number of aromatic nitrogens is 2. The molecule has 1 aliphatic heterocycles. The molecule has 1 N–H and O–H groups in total. The molecule has 1 unspecified atom stereocenters. The Hall–Kier alpha value is -2.26. The van der Waals surface area contributed by atoms with Gasteiger partial charge in [0.1, 0.15) is 11.5 Å². The number of piperidine rings is 1. The molecule has 150 valence electrons. The van der Waals surface area contributed by atoms with Crippen molar-refractivity contribution in [3.8, 4) is 5.69 Å². The van der Waals surface area contributed by atoms with Crippen molar-refractivity contribution >= 4 is 15.9 Å². The fourth-order valence-corrected chi connectivity index (χ4v) is 4.97. The third kappa shape index (κ3) is 3.56. The Morgan fingerprint density at radius 2 is 2.04 bits per heavy atom. The maximum absolute atomic E-state index is 14.3. The second kappa shape index (κ2) is 7.29. The van der Waals surface area contributed by atoms with Crippen LogP contribution in [0.1, 0.15) is 41.0 Å². The highest BCUT2D eigenvalue weighted by atomic mass is 32.2. The molecule has 1 aliphatic carbocycles. The van der Waals surface area contributed by atoms with Crippen LogP contribution in [0.5, 0.6) is 0 Å². The Labute approximate surface area is 163 Å². The van der Waals surface area contributed by atoms with Crippen LogP contribution in [-0.4, -0.2) is 53.8 Å². The Morgan fingerprint density at radius 3 is 2.79 bits per heavy atom. The number of nitrogens with one attached hydrogen (secondary N) is 1. The van der Waals surface area contributed by atoms with Gasteiger partial charge in [-0.2, -0.15) is 5.10 Å². The van der Waals surface area contributed by atoms with E-state index in [1.807, 2.05) is 0 Å². The van der Waals surface area contributed by atoms with E-state index < -0.39 is 10.0 Å². The lowest BCUT2D eigenvalue weighted by molar-refractivity contribution is 0.0915. The molecule has 2 heterocycles. The number of carbonyl (C=O) groups excluding carboxylic acids is 1. The fourth-order valence-electron chi connectivity index (χ4n) is 4.06. The zero-order chi connectivity index (χ0) is 19.9. The quantitative estimate of drug-likeness (QED) is 0.837. The SMILES string of the molecule is CS(=O)(=O)N1CCCC(NC(=O)c2nn(-c3ccccc3F)c3c2CCC3)C1. The van der Waals surface area contributed by atoms with Crippen molar-refractivity contribution < 1.29 is 17.6 Å². The monoisotopic (exact) mass is 406 g/mol. The highest BCUT2D eigenvalue weighted by Gasteiger charge is 2.31. The summed E-state index contributed by atoms with van der Waals surface area (Å²) in [6.45, 7) is 0.739. The van der Waals surface area contributed by atoms with Crippen molar-refractivity contribution in [3.05, 3.63) is 47.0 Å². The van der Waals surface area contributed by atoms with E-state index >= 15 is 0 Å². The Morgan fingerprint density at radius 1 is 1.25 bits per heavy atom. The summed E-state index contributed by atoms with van der Waals surface area (Å²) in [5.74, 6) is -0.712. The highest BCUT2D eigenvalue weighted by Crippen LogP contribution is 2.29. The first-order valence-electron chi connectivity index (χ1n) is 9.46. The molecule has 4 rings (SSSR count). The molecule has 0 saturated carbocycles. The smallest absolute Gasteiger partial charge is 0.272 e. The maximum Gasteiger partial charge on any atom is 0.272 e. The third-order valence-electron chi connectivity index (χ3n) is 5.41. The number of amides is 1. The van der Waals surface area contributed by atoms with Gasteiger partial charge in [0.2, 0.25) is 10.0 Å². The lowest BCUT2D eigenvalue weighted by atomic mass is 10.1. The first kappa shape index (κ1) is 19.1. The van der Waals surface area contributed by atoms with Crippen LogP contribution in [0.3, 0.4) is 0 Å². The van der Waals surface area contributed by atoms with Crippen LogP contribution in [-0.2, 0) is 22.9 Å². The fraction of sp³-hybridized carbons (Fsp3) is 0.474. The number of para-hydroxylation sites is 1. The largest absolute Gasteiger partial charge is 0.347 e. The molecule has 1 amide bonds. The summed E-state index contributed by atoms with van der Waals surface area (Å²) in [5.41, 5.74) is 2.38. The Kier molecular flexibility index (Phi) is 4.96. The Bertz CT molecular complexity index is 1020. The van der Waals surface area contributed by atoms with E-state index in [0.717, 1.165) is 30.5 Å². The number of carbonyl (C=O) groups is 1. The van der Waals surface area contributed by atoms with Crippen LogP contribution in [0.2, 0.25) is 0 Å². The van der Waals surface area contributed by atoms with E-state index in [1.54, 1.807) is 18.2 Å². The second-order valence-electron chi connectivity index (χ2n) is 7.42. The number of hydrogen-bond acceptors (Lipinski definition) is 4. The van der Waals surface area contributed by atoms with Crippen molar-refractivity contribution in [1.29, 1.82) is 0 Å². The summed E-state index contributed by atoms with van der Waals surface area (Å²) in [4.78, 5) is 12.9. The van der Waals surface area contributed by atoms with Crippen molar-refractivity contribution in [3.63, 3.8) is 0 Å². The molecule has 1 saturated heterocycles. The Balaban J connectivity index is 1.59. The van der Waals surface area contributed by atoms with Crippen LogP contribution in [0.25, 0.3) is 5.69 Å². The minimum atomic E-state index is -3.28. The van der Waals surface area contributed by atoms with Gasteiger partial charge in [-0.15, -0.1) is 0 Å². The lowest BCUT2D eigenvalue weighted by Crippen LogP contribution is -2.49. The molecule has 1 atom stereocenters.